The number of nitrogens with two attached hydrogens (primary N) is 1. The third kappa shape index (κ3) is 17.3. The van der Waals surface area contributed by atoms with E-state index < -0.39 is 58.9 Å². The summed E-state index contributed by atoms with van der Waals surface area (Å²) in [5.41, 5.74) is 6.29. The van der Waals surface area contributed by atoms with Gasteiger partial charge in [-0.25, -0.2) is 15.0 Å². The number of hydrogen-bond acceptors (Lipinski definition) is 11. The van der Waals surface area contributed by atoms with Crippen molar-refractivity contribution in [3.05, 3.63) is 0 Å². The fraction of sp³-hybridized carbons (Fsp3) is 0.759. The van der Waals surface area contributed by atoms with Gasteiger partial charge in [0.1, 0.15) is 23.3 Å². The van der Waals surface area contributed by atoms with Crippen LogP contribution in [-0.4, -0.2) is 102 Å². The Morgan fingerprint density at radius 1 is 0.933 bits per heavy atom. The van der Waals surface area contributed by atoms with Crippen molar-refractivity contribution in [1.82, 2.24) is 26.3 Å². The summed E-state index contributed by atoms with van der Waals surface area (Å²) >= 11 is 0. The number of carbonyl (C=O) groups excluding carboxylic acids is 5. The topological polar surface area (TPSA) is 215 Å². The van der Waals surface area contributed by atoms with Gasteiger partial charge in [-0.2, -0.15) is 5.10 Å². The Kier molecular flexibility index (Phi) is 14.9. The van der Waals surface area contributed by atoms with Gasteiger partial charge in [0, 0.05) is 26.2 Å². The molecule has 1 heterocycles. The molecule has 6 N–H and O–H groups in total. The highest BCUT2D eigenvalue weighted by atomic mass is 16.6. The van der Waals surface area contributed by atoms with Crippen molar-refractivity contribution in [2.24, 2.45) is 15.8 Å². The van der Waals surface area contributed by atoms with Crippen molar-refractivity contribution in [3.8, 4) is 0 Å². The average molecular weight is 641 g/mol. The van der Waals surface area contributed by atoms with E-state index in [9.17, 15) is 24.0 Å². The van der Waals surface area contributed by atoms with Crippen molar-refractivity contribution in [2.45, 2.75) is 123 Å². The first-order valence-corrected chi connectivity index (χ1v) is 14.9. The molecule has 3 unspecified atom stereocenters. The summed E-state index contributed by atoms with van der Waals surface area (Å²) in [6, 6.07) is -2.26. The number of amides is 5. The van der Waals surface area contributed by atoms with Crippen LogP contribution >= 0.6 is 0 Å². The zero-order chi connectivity index (χ0) is 34.6. The molecular weight excluding hydrogens is 588 g/mol. The summed E-state index contributed by atoms with van der Waals surface area (Å²) < 4.78 is 16.1. The number of hydrogen-bond donors (Lipinski definition) is 5. The van der Waals surface area contributed by atoms with Gasteiger partial charge in [-0.15, -0.1) is 0 Å². The monoisotopic (exact) mass is 640 g/mol. The molecule has 3 atom stereocenters. The molecule has 0 aromatic rings. The van der Waals surface area contributed by atoms with Crippen LogP contribution in [-0.2, 0) is 28.6 Å². The summed E-state index contributed by atoms with van der Waals surface area (Å²) in [5, 5.41) is 11.5. The molecule has 1 saturated heterocycles. The van der Waals surface area contributed by atoms with E-state index in [4.69, 9.17) is 19.9 Å². The number of likely N-dealkylation sites (tertiary alicyclic amines) is 1. The molecule has 16 nitrogen and oxygen atoms in total. The van der Waals surface area contributed by atoms with E-state index in [1.807, 2.05) is 20.8 Å². The van der Waals surface area contributed by atoms with Crippen LogP contribution in [0.3, 0.4) is 0 Å². The van der Waals surface area contributed by atoms with Crippen LogP contribution in [0.2, 0.25) is 0 Å². The summed E-state index contributed by atoms with van der Waals surface area (Å²) in [4.78, 5) is 67.6. The smallest absolute Gasteiger partial charge is 0.414 e. The first-order chi connectivity index (χ1) is 20.6. The van der Waals surface area contributed by atoms with Crippen molar-refractivity contribution >= 4 is 42.1 Å². The molecule has 1 aliphatic rings. The number of rotatable bonds is 11. The number of ether oxygens (including phenoxy) is 3. The van der Waals surface area contributed by atoms with Crippen LogP contribution in [0.25, 0.3) is 0 Å². The van der Waals surface area contributed by atoms with Gasteiger partial charge in [-0.05, 0) is 81.6 Å². The number of hydrazone groups is 1. The van der Waals surface area contributed by atoms with E-state index >= 15 is 0 Å². The zero-order valence-electron chi connectivity index (χ0n) is 28.2. The van der Waals surface area contributed by atoms with Gasteiger partial charge < -0.3 is 30.2 Å². The molecule has 45 heavy (non-hydrogen) atoms. The SMILES string of the molecule is CC(=O)N/N=C/C(CCCN=C(NC(=O)OC(C)(C)C)NC(=O)OC(C)(C)C)NC(=O)C1CCN1C(=O)C(N)COC(C)(C)C. The van der Waals surface area contributed by atoms with Crippen LogP contribution < -0.4 is 27.1 Å². The molecule has 0 spiro atoms. The molecule has 1 fully saturated rings. The maximum Gasteiger partial charge on any atom is 0.414 e. The third-order valence-electron chi connectivity index (χ3n) is 5.60. The molecule has 0 aromatic heterocycles. The molecule has 5 amide bonds. The van der Waals surface area contributed by atoms with Crippen molar-refractivity contribution in [2.75, 3.05) is 19.7 Å². The first kappa shape index (κ1) is 39.2. The predicted molar refractivity (Wildman–Crippen MR) is 168 cm³/mol. The van der Waals surface area contributed by atoms with Crippen LogP contribution in [0.4, 0.5) is 9.59 Å². The normalized spacial score (nSPS) is 16.5. The van der Waals surface area contributed by atoms with Crippen molar-refractivity contribution in [3.63, 3.8) is 0 Å². The molecule has 1 rings (SSSR count). The summed E-state index contributed by atoms with van der Waals surface area (Å²) in [5.74, 6) is -1.36. The summed E-state index contributed by atoms with van der Waals surface area (Å²) in [6.07, 6.45) is 0.845. The van der Waals surface area contributed by atoms with Crippen molar-refractivity contribution in [1.29, 1.82) is 0 Å². The number of guanidine groups is 1. The minimum Gasteiger partial charge on any atom is -0.444 e. The summed E-state index contributed by atoms with van der Waals surface area (Å²) in [7, 11) is 0. The fourth-order valence-corrected chi connectivity index (χ4v) is 3.64. The third-order valence-corrected chi connectivity index (χ3v) is 5.60. The second-order valence-corrected chi connectivity index (χ2v) is 13.6. The standard InChI is InChI=1S/C29H52N8O8/c1-18(38)36-32-16-19(33-22(39)21-13-15-37(21)23(40)20(30)17-43-27(2,3)4)12-11-14-31-24(34-25(41)44-28(5,6)7)35-26(42)45-29(8,9)10/h16,19-21H,11-15,17,30H2,1-10H3,(H,33,39)(H,36,38)(H2,31,34,35,41,42)/b32-16+. The highest BCUT2D eigenvalue weighted by Gasteiger charge is 2.40. The lowest BCUT2D eigenvalue weighted by molar-refractivity contribution is -0.150. The first-order valence-electron chi connectivity index (χ1n) is 14.9. The Hall–Kier alpha value is -3.79. The minimum atomic E-state index is -0.910. The van der Waals surface area contributed by atoms with E-state index in [1.54, 1.807) is 41.5 Å². The Balaban J connectivity index is 2.91. The van der Waals surface area contributed by atoms with Crippen LogP contribution in [0.1, 0.15) is 88.5 Å². The number of alkyl carbamates (subject to hydrolysis) is 2. The molecule has 16 heteroatoms. The minimum absolute atomic E-state index is 0.0211. The van der Waals surface area contributed by atoms with Gasteiger partial charge in [-0.3, -0.25) is 30.0 Å². The lowest BCUT2D eigenvalue weighted by atomic mass is 9.99. The Morgan fingerprint density at radius 2 is 1.49 bits per heavy atom. The molecular formula is C29H52N8O8. The molecule has 1 aliphatic heterocycles. The van der Waals surface area contributed by atoms with E-state index in [1.165, 1.54) is 18.0 Å². The van der Waals surface area contributed by atoms with Gasteiger partial charge in [0.25, 0.3) is 0 Å². The second kappa shape index (κ2) is 17.1. The van der Waals surface area contributed by atoms with Gasteiger partial charge >= 0.3 is 12.2 Å². The fourth-order valence-electron chi connectivity index (χ4n) is 3.64. The molecule has 0 bridgehead atoms. The maximum atomic E-state index is 13.1. The Labute approximate surface area is 265 Å². The molecule has 0 radical (unpaired) electrons. The van der Waals surface area contributed by atoms with Crippen molar-refractivity contribution < 1.29 is 38.2 Å². The number of nitrogens with zero attached hydrogens (tertiary/aromatic N) is 3. The largest absolute Gasteiger partial charge is 0.444 e. The van der Waals surface area contributed by atoms with E-state index in [-0.39, 0.29) is 25.0 Å². The lowest BCUT2D eigenvalue weighted by Gasteiger charge is -2.41. The number of aliphatic imine (C=N–C) groups is 1. The van der Waals surface area contributed by atoms with Gasteiger partial charge in [0.15, 0.2) is 0 Å². The average Bonchev–Trinajstić information content (AvgIpc) is 2.80. The number of carbonyl (C=O) groups is 5. The highest BCUT2D eigenvalue weighted by Crippen LogP contribution is 2.19. The Bertz CT molecular complexity index is 1070. The van der Waals surface area contributed by atoms with Crippen LogP contribution in [0, 0.1) is 0 Å². The van der Waals surface area contributed by atoms with Gasteiger partial charge in [-0.1, -0.05) is 0 Å². The number of nitrogens with one attached hydrogen (secondary N) is 4. The van der Waals surface area contributed by atoms with Crippen LogP contribution in [0.15, 0.2) is 10.1 Å². The molecule has 0 aliphatic carbocycles. The van der Waals surface area contributed by atoms with Gasteiger partial charge in [0.05, 0.1) is 18.2 Å². The summed E-state index contributed by atoms with van der Waals surface area (Å²) in [6.45, 7) is 17.5. The molecule has 0 saturated carbocycles. The quantitative estimate of drug-likeness (QED) is 0.0956. The lowest BCUT2D eigenvalue weighted by Crippen LogP contribution is -2.63. The van der Waals surface area contributed by atoms with Crippen LogP contribution in [0.5, 0.6) is 0 Å². The maximum absolute atomic E-state index is 13.1. The highest BCUT2D eigenvalue weighted by molar-refractivity contribution is 6.01. The van der Waals surface area contributed by atoms with E-state index in [0.717, 1.165) is 0 Å². The zero-order valence-corrected chi connectivity index (χ0v) is 28.2. The second-order valence-electron chi connectivity index (χ2n) is 13.6. The molecule has 0 aromatic carbocycles. The Morgan fingerprint density at radius 3 is 1.93 bits per heavy atom. The van der Waals surface area contributed by atoms with E-state index in [0.29, 0.717) is 25.8 Å². The van der Waals surface area contributed by atoms with E-state index in [2.05, 4.69) is 31.5 Å². The predicted octanol–water partition coefficient (Wildman–Crippen LogP) is 1.52. The molecule has 256 valence electrons. The van der Waals surface area contributed by atoms with Gasteiger partial charge in [0.2, 0.25) is 23.7 Å².